The molecule has 0 radical (unpaired) electrons. The van der Waals surface area contributed by atoms with Crippen LogP contribution in [-0.2, 0) is 14.3 Å². The summed E-state index contributed by atoms with van der Waals surface area (Å²) in [6.45, 7) is 7.16. The highest BCUT2D eigenvalue weighted by Crippen LogP contribution is 2.16. The molecule has 1 atom stereocenters. The highest BCUT2D eigenvalue weighted by molar-refractivity contribution is 6.00. The van der Waals surface area contributed by atoms with Crippen LogP contribution in [0, 0.1) is 11.3 Å². The van der Waals surface area contributed by atoms with E-state index in [1.165, 1.54) is 6.08 Å². The molecule has 0 spiro atoms. The lowest BCUT2D eigenvalue weighted by Crippen LogP contribution is -2.44. The topological polar surface area (TPSA) is 108 Å². The summed E-state index contributed by atoms with van der Waals surface area (Å²) in [6.07, 6.45) is 2.10. The highest BCUT2D eigenvalue weighted by Gasteiger charge is 2.15. The van der Waals surface area contributed by atoms with Crippen molar-refractivity contribution in [2.75, 3.05) is 6.61 Å². The molecule has 144 valence electrons. The van der Waals surface area contributed by atoms with Crippen LogP contribution >= 0.6 is 0 Å². The van der Waals surface area contributed by atoms with Crippen LogP contribution in [0.25, 0.3) is 6.08 Å². The van der Waals surface area contributed by atoms with Gasteiger partial charge in [0.05, 0.1) is 0 Å². The molecule has 7 nitrogen and oxygen atoms in total. The SMILES string of the molecule is CC[C@@H](C)NC(=O)NC(=O)COC(=O)/C(C#N)=C/c1ccc(C(C)C)cc1. The molecule has 1 aromatic carbocycles. The number of imide groups is 1. The fourth-order valence-corrected chi connectivity index (χ4v) is 2.01. The van der Waals surface area contributed by atoms with E-state index in [4.69, 9.17) is 10.00 Å². The van der Waals surface area contributed by atoms with Crippen LogP contribution in [0.15, 0.2) is 29.8 Å². The number of amides is 3. The van der Waals surface area contributed by atoms with E-state index in [0.29, 0.717) is 17.9 Å². The number of carbonyl (C=O) groups excluding carboxylic acids is 3. The summed E-state index contributed by atoms with van der Waals surface area (Å²) >= 11 is 0. The van der Waals surface area contributed by atoms with Gasteiger partial charge in [0.2, 0.25) is 0 Å². The Labute approximate surface area is 159 Å². The third-order valence-electron chi connectivity index (χ3n) is 3.83. The van der Waals surface area contributed by atoms with Gasteiger partial charge in [0.25, 0.3) is 5.91 Å². The maximum Gasteiger partial charge on any atom is 0.349 e. The molecule has 0 aromatic heterocycles. The number of hydrogen-bond acceptors (Lipinski definition) is 5. The average Bonchev–Trinajstić information content (AvgIpc) is 2.64. The molecule has 0 aliphatic rings. The monoisotopic (exact) mass is 371 g/mol. The van der Waals surface area contributed by atoms with Crippen molar-refractivity contribution in [2.45, 2.75) is 46.1 Å². The Morgan fingerprint density at radius 3 is 2.33 bits per heavy atom. The van der Waals surface area contributed by atoms with Gasteiger partial charge in [0, 0.05) is 6.04 Å². The molecular formula is C20H25N3O4. The zero-order valence-corrected chi connectivity index (χ0v) is 16.0. The van der Waals surface area contributed by atoms with Crippen LogP contribution in [0.3, 0.4) is 0 Å². The Kier molecular flexibility index (Phi) is 8.73. The van der Waals surface area contributed by atoms with Crippen molar-refractivity contribution in [3.05, 3.63) is 41.0 Å². The molecule has 7 heteroatoms. The van der Waals surface area contributed by atoms with Gasteiger partial charge in [-0.05, 0) is 36.5 Å². The first-order valence-electron chi connectivity index (χ1n) is 8.76. The van der Waals surface area contributed by atoms with E-state index in [0.717, 1.165) is 5.56 Å². The zero-order chi connectivity index (χ0) is 20.4. The molecule has 0 saturated carbocycles. The predicted octanol–water partition coefficient (Wildman–Crippen LogP) is 2.88. The normalized spacial score (nSPS) is 12.1. The molecule has 27 heavy (non-hydrogen) atoms. The van der Waals surface area contributed by atoms with Gasteiger partial charge in [-0.25, -0.2) is 9.59 Å². The minimum absolute atomic E-state index is 0.0874. The van der Waals surface area contributed by atoms with Crippen molar-refractivity contribution >= 4 is 24.0 Å². The molecule has 0 saturated heterocycles. The predicted molar refractivity (Wildman–Crippen MR) is 102 cm³/mol. The largest absolute Gasteiger partial charge is 0.451 e. The van der Waals surface area contributed by atoms with E-state index >= 15 is 0 Å². The van der Waals surface area contributed by atoms with Crippen molar-refractivity contribution in [2.24, 2.45) is 0 Å². The van der Waals surface area contributed by atoms with Gasteiger partial charge in [-0.15, -0.1) is 0 Å². The first kappa shape index (κ1) is 21.9. The number of benzene rings is 1. The van der Waals surface area contributed by atoms with Crippen LogP contribution in [0.1, 0.15) is 51.2 Å². The Morgan fingerprint density at radius 2 is 1.81 bits per heavy atom. The quantitative estimate of drug-likeness (QED) is 0.435. The van der Waals surface area contributed by atoms with Crippen LogP contribution in [-0.4, -0.2) is 30.6 Å². The number of esters is 1. The summed E-state index contributed by atoms with van der Waals surface area (Å²) in [5.74, 6) is -1.33. The number of hydrogen-bond donors (Lipinski definition) is 2. The fraction of sp³-hybridized carbons (Fsp3) is 0.400. The van der Waals surface area contributed by atoms with E-state index in [-0.39, 0.29) is 11.6 Å². The van der Waals surface area contributed by atoms with Gasteiger partial charge in [0.1, 0.15) is 11.6 Å². The van der Waals surface area contributed by atoms with Gasteiger partial charge in [0.15, 0.2) is 6.61 Å². The molecular weight excluding hydrogens is 346 g/mol. The summed E-state index contributed by atoms with van der Waals surface area (Å²) in [6, 6.07) is 8.44. The van der Waals surface area contributed by atoms with Crippen LogP contribution in [0.5, 0.6) is 0 Å². The molecule has 1 rings (SSSR count). The molecule has 2 N–H and O–H groups in total. The van der Waals surface area contributed by atoms with Gasteiger partial charge in [-0.3, -0.25) is 10.1 Å². The third kappa shape index (κ3) is 7.74. The van der Waals surface area contributed by atoms with E-state index < -0.39 is 24.5 Å². The second-order valence-corrected chi connectivity index (χ2v) is 6.40. The Hall–Kier alpha value is -3.14. The van der Waals surface area contributed by atoms with Crippen LogP contribution in [0.4, 0.5) is 4.79 Å². The van der Waals surface area contributed by atoms with Gasteiger partial charge in [-0.2, -0.15) is 5.26 Å². The highest BCUT2D eigenvalue weighted by atomic mass is 16.5. The molecule has 0 unspecified atom stereocenters. The van der Waals surface area contributed by atoms with E-state index in [1.807, 2.05) is 19.1 Å². The fourth-order valence-electron chi connectivity index (χ4n) is 2.01. The van der Waals surface area contributed by atoms with Crippen LogP contribution < -0.4 is 10.6 Å². The smallest absolute Gasteiger partial charge is 0.349 e. The second-order valence-electron chi connectivity index (χ2n) is 6.40. The first-order valence-corrected chi connectivity index (χ1v) is 8.76. The van der Waals surface area contributed by atoms with Gasteiger partial charge < -0.3 is 10.1 Å². The van der Waals surface area contributed by atoms with Crippen molar-refractivity contribution in [1.29, 1.82) is 5.26 Å². The van der Waals surface area contributed by atoms with Crippen molar-refractivity contribution in [1.82, 2.24) is 10.6 Å². The second kappa shape index (κ2) is 10.8. The third-order valence-corrected chi connectivity index (χ3v) is 3.83. The van der Waals surface area contributed by atoms with Crippen molar-refractivity contribution in [3.63, 3.8) is 0 Å². The molecule has 0 heterocycles. The molecule has 3 amide bonds. The standard InChI is InChI=1S/C20H25N3O4/c1-5-14(4)22-20(26)23-18(24)12-27-19(25)17(11-21)10-15-6-8-16(9-7-15)13(2)3/h6-10,13-14H,5,12H2,1-4H3,(H2,22,23,24,26)/b17-10+/t14-/m1/s1. The summed E-state index contributed by atoms with van der Waals surface area (Å²) < 4.78 is 4.80. The Morgan fingerprint density at radius 1 is 1.19 bits per heavy atom. The van der Waals surface area contributed by atoms with E-state index in [1.54, 1.807) is 25.1 Å². The van der Waals surface area contributed by atoms with Crippen molar-refractivity contribution < 1.29 is 19.1 Å². The lowest BCUT2D eigenvalue weighted by Gasteiger charge is -2.11. The molecule has 0 aliphatic carbocycles. The van der Waals surface area contributed by atoms with E-state index in [2.05, 4.69) is 24.5 Å². The summed E-state index contributed by atoms with van der Waals surface area (Å²) in [5.41, 5.74) is 1.58. The minimum atomic E-state index is -0.928. The number of ether oxygens (including phenoxy) is 1. The van der Waals surface area contributed by atoms with Crippen LogP contribution in [0.2, 0.25) is 0 Å². The average molecular weight is 371 g/mol. The van der Waals surface area contributed by atoms with Crippen molar-refractivity contribution in [3.8, 4) is 6.07 Å². The van der Waals surface area contributed by atoms with Gasteiger partial charge >= 0.3 is 12.0 Å². The maximum atomic E-state index is 12.0. The molecule has 0 fully saturated rings. The number of urea groups is 1. The zero-order valence-electron chi connectivity index (χ0n) is 16.0. The number of carbonyl (C=O) groups is 3. The summed E-state index contributed by atoms with van der Waals surface area (Å²) in [7, 11) is 0. The molecule has 0 bridgehead atoms. The number of nitriles is 1. The maximum absolute atomic E-state index is 12.0. The molecule has 0 aliphatic heterocycles. The minimum Gasteiger partial charge on any atom is -0.451 e. The number of nitrogens with zero attached hydrogens (tertiary/aromatic N) is 1. The Bertz CT molecular complexity index is 745. The van der Waals surface area contributed by atoms with E-state index in [9.17, 15) is 14.4 Å². The van der Waals surface area contributed by atoms with Gasteiger partial charge in [-0.1, -0.05) is 45.0 Å². The summed E-state index contributed by atoms with van der Waals surface area (Å²) in [4.78, 5) is 35.1. The number of nitrogens with one attached hydrogen (secondary N) is 2. The number of rotatable bonds is 7. The lowest BCUT2D eigenvalue weighted by molar-refractivity contribution is -0.144. The lowest BCUT2D eigenvalue weighted by atomic mass is 10.0. The first-order chi connectivity index (χ1) is 12.8. The summed E-state index contributed by atoms with van der Waals surface area (Å²) in [5, 5.41) is 13.8. The molecule has 1 aromatic rings. The Balaban J connectivity index is 2.62.